The molecule has 0 saturated heterocycles. The fraction of sp³-hybridized carbons (Fsp3) is 0.375. The molecule has 5 nitrogen and oxygen atoms in total. The first kappa shape index (κ1) is 13.5. The summed E-state index contributed by atoms with van der Waals surface area (Å²) in [5.41, 5.74) is -0.808. The average Bonchev–Trinajstić information content (AvgIpc) is 2.12. The van der Waals surface area contributed by atoms with E-state index in [1.165, 1.54) is 13.0 Å². The number of rotatable bonds is 3. The molecule has 0 aliphatic heterocycles. The van der Waals surface area contributed by atoms with E-state index in [1.54, 1.807) is 0 Å². The molecule has 17 heavy (non-hydrogen) atoms. The highest BCUT2D eigenvalue weighted by atomic mass is 35.5. The molecule has 1 aromatic heterocycles. The predicted molar refractivity (Wildman–Crippen MR) is 51.9 cm³/mol. The zero-order valence-electron chi connectivity index (χ0n) is 8.42. The van der Waals surface area contributed by atoms with Crippen molar-refractivity contribution in [1.82, 2.24) is 4.98 Å². The van der Waals surface area contributed by atoms with Gasteiger partial charge in [-0.1, -0.05) is 0 Å². The predicted octanol–water partition coefficient (Wildman–Crippen LogP) is 2.94. The lowest BCUT2D eigenvalue weighted by Crippen LogP contribution is -2.19. The van der Waals surface area contributed by atoms with Gasteiger partial charge in [-0.3, -0.25) is 10.1 Å². The van der Waals surface area contributed by atoms with E-state index in [0.29, 0.717) is 0 Å². The van der Waals surface area contributed by atoms with Gasteiger partial charge in [0, 0.05) is 5.69 Å². The van der Waals surface area contributed by atoms with Gasteiger partial charge in [-0.05, 0) is 13.0 Å². The lowest BCUT2D eigenvalue weighted by atomic mass is 10.2. The Kier molecular flexibility index (Phi) is 3.76. The second-order valence-corrected chi connectivity index (χ2v) is 3.28. The fourth-order valence-corrected chi connectivity index (χ4v) is 1.38. The normalized spacial score (nSPS) is 11.4. The van der Waals surface area contributed by atoms with Crippen LogP contribution in [0.3, 0.4) is 0 Å². The van der Waals surface area contributed by atoms with Crippen LogP contribution in [0.5, 0.6) is 5.88 Å². The molecule has 0 bridgehead atoms. The summed E-state index contributed by atoms with van der Waals surface area (Å²) in [6.07, 6.45) is -5.05. The van der Waals surface area contributed by atoms with Crippen molar-refractivity contribution in [1.29, 1.82) is 0 Å². The minimum Gasteiger partial charge on any atom is -0.381 e. The SMILES string of the molecule is Cc1cc(CCl)c([N+](=O)[O-])c(OC(F)(F)F)n1. The average molecular weight is 271 g/mol. The molecule has 0 aromatic carbocycles. The molecular formula is C8H6ClF3N2O3. The summed E-state index contributed by atoms with van der Waals surface area (Å²) in [5.74, 6) is -1.41. The molecule has 0 unspecified atom stereocenters. The monoisotopic (exact) mass is 270 g/mol. The molecule has 94 valence electrons. The zero-order chi connectivity index (χ0) is 13.2. The molecule has 1 heterocycles. The maximum atomic E-state index is 12.0. The molecular weight excluding hydrogens is 265 g/mol. The van der Waals surface area contributed by atoms with E-state index >= 15 is 0 Å². The molecule has 0 aliphatic rings. The summed E-state index contributed by atoms with van der Waals surface area (Å²) in [5, 5.41) is 10.7. The van der Waals surface area contributed by atoms with E-state index in [0.717, 1.165) is 0 Å². The first-order valence-corrected chi connectivity index (χ1v) is 4.74. The lowest BCUT2D eigenvalue weighted by molar-refractivity contribution is -0.389. The highest BCUT2D eigenvalue weighted by Crippen LogP contribution is 2.34. The summed E-state index contributed by atoms with van der Waals surface area (Å²) >= 11 is 5.42. The summed E-state index contributed by atoms with van der Waals surface area (Å²) in [6.45, 7) is 1.38. The van der Waals surface area contributed by atoms with E-state index in [1.807, 2.05) is 0 Å². The van der Waals surface area contributed by atoms with Crippen LogP contribution in [0, 0.1) is 17.0 Å². The van der Waals surface area contributed by atoms with Gasteiger partial charge in [-0.15, -0.1) is 24.8 Å². The maximum Gasteiger partial charge on any atom is 0.574 e. The Balaban J connectivity index is 3.35. The fourth-order valence-electron chi connectivity index (χ4n) is 1.18. The molecule has 0 radical (unpaired) electrons. The minimum atomic E-state index is -5.05. The number of aryl methyl sites for hydroxylation is 1. The topological polar surface area (TPSA) is 65.3 Å². The molecule has 9 heteroatoms. The summed E-state index contributed by atoms with van der Waals surface area (Å²) in [7, 11) is 0. The smallest absolute Gasteiger partial charge is 0.381 e. The number of pyridine rings is 1. The molecule has 0 fully saturated rings. The number of hydrogen-bond donors (Lipinski definition) is 0. The summed E-state index contributed by atoms with van der Waals surface area (Å²) in [6, 6.07) is 1.23. The Morgan fingerprint density at radius 1 is 1.59 bits per heavy atom. The van der Waals surface area contributed by atoms with Gasteiger partial charge in [0.05, 0.1) is 16.4 Å². The zero-order valence-corrected chi connectivity index (χ0v) is 9.17. The highest BCUT2D eigenvalue weighted by molar-refractivity contribution is 6.17. The van der Waals surface area contributed by atoms with Crippen LogP contribution in [0.25, 0.3) is 0 Å². The van der Waals surface area contributed by atoms with Crippen LogP contribution in [0.15, 0.2) is 6.07 Å². The van der Waals surface area contributed by atoms with Crippen molar-refractivity contribution >= 4 is 17.3 Å². The number of nitrogens with zero attached hydrogens (tertiary/aromatic N) is 2. The third-order valence-corrected chi connectivity index (χ3v) is 1.99. The van der Waals surface area contributed by atoms with Gasteiger partial charge in [0.15, 0.2) is 0 Å². The highest BCUT2D eigenvalue weighted by Gasteiger charge is 2.36. The van der Waals surface area contributed by atoms with Crippen LogP contribution in [0.1, 0.15) is 11.3 Å². The van der Waals surface area contributed by atoms with E-state index < -0.39 is 22.9 Å². The Morgan fingerprint density at radius 2 is 2.18 bits per heavy atom. The van der Waals surface area contributed by atoms with Gasteiger partial charge in [0.1, 0.15) is 0 Å². The van der Waals surface area contributed by atoms with Crippen molar-refractivity contribution in [3.63, 3.8) is 0 Å². The molecule has 0 amide bonds. The van der Waals surface area contributed by atoms with E-state index in [4.69, 9.17) is 11.6 Å². The van der Waals surface area contributed by atoms with Crippen molar-refractivity contribution < 1.29 is 22.8 Å². The molecule has 0 spiro atoms. The number of aromatic nitrogens is 1. The first-order valence-electron chi connectivity index (χ1n) is 4.21. The lowest BCUT2D eigenvalue weighted by Gasteiger charge is -2.10. The quantitative estimate of drug-likeness (QED) is 0.481. The minimum absolute atomic E-state index is 0.0802. The largest absolute Gasteiger partial charge is 0.574 e. The number of halogens is 4. The Labute approximate surface area is 98.3 Å². The van der Waals surface area contributed by atoms with Gasteiger partial charge >= 0.3 is 17.9 Å². The summed E-state index contributed by atoms with van der Waals surface area (Å²) < 4.78 is 39.6. The van der Waals surface area contributed by atoms with Crippen molar-refractivity contribution in [2.24, 2.45) is 0 Å². The number of alkyl halides is 4. The van der Waals surface area contributed by atoms with Crippen LogP contribution in [0.4, 0.5) is 18.9 Å². The number of nitro groups is 1. The van der Waals surface area contributed by atoms with Crippen molar-refractivity contribution in [2.75, 3.05) is 0 Å². The van der Waals surface area contributed by atoms with Crippen LogP contribution >= 0.6 is 11.6 Å². The standard InChI is InChI=1S/C8H6ClF3N2O3/c1-4-2-5(3-9)6(14(15)16)7(13-4)17-8(10,11)12/h2H,3H2,1H3. The second kappa shape index (κ2) is 4.74. The van der Waals surface area contributed by atoms with Gasteiger partial charge in [0.2, 0.25) is 0 Å². The molecule has 0 atom stereocenters. The second-order valence-electron chi connectivity index (χ2n) is 3.02. The van der Waals surface area contributed by atoms with Crippen LogP contribution in [-0.4, -0.2) is 16.3 Å². The third-order valence-electron chi connectivity index (χ3n) is 1.71. The third kappa shape index (κ3) is 3.45. The van der Waals surface area contributed by atoms with Gasteiger partial charge in [-0.25, -0.2) is 4.98 Å². The Morgan fingerprint density at radius 3 is 2.59 bits per heavy atom. The number of ether oxygens (including phenoxy) is 1. The summed E-state index contributed by atoms with van der Waals surface area (Å²) in [4.78, 5) is 13.0. The molecule has 0 N–H and O–H groups in total. The molecule has 1 rings (SSSR count). The molecule has 0 saturated carbocycles. The van der Waals surface area contributed by atoms with Crippen molar-refractivity contribution in [3.05, 3.63) is 27.4 Å². The Bertz CT molecular complexity index is 450. The van der Waals surface area contributed by atoms with Crippen molar-refractivity contribution in [2.45, 2.75) is 19.2 Å². The van der Waals surface area contributed by atoms with Crippen LogP contribution < -0.4 is 4.74 Å². The van der Waals surface area contributed by atoms with E-state index in [9.17, 15) is 23.3 Å². The van der Waals surface area contributed by atoms with Gasteiger partial charge in [0.25, 0.3) is 0 Å². The van der Waals surface area contributed by atoms with E-state index in [2.05, 4.69) is 9.72 Å². The molecule has 1 aromatic rings. The van der Waals surface area contributed by atoms with Crippen LogP contribution in [-0.2, 0) is 5.88 Å². The van der Waals surface area contributed by atoms with Crippen LogP contribution in [0.2, 0.25) is 0 Å². The Hall–Kier alpha value is -1.57. The number of hydrogen-bond acceptors (Lipinski definition) is 4. The first-order chi connectivity index (χ1) is 7.74. The van der Waals surface area contributed by atoms with Gasteiger partial charge < -0.3 is 4.74 Å². The molecule has 0 aliphatic carbocycles. The van der Waals surface area contributed by atoms with Gasteiger partial charge in [-0.2, -0.15) is 0 Å². The van der Waals surface area contributed by atoms with E-state index in [-0.39, 0.29) is 17.1 Å². The van der Waals surface area contributed by atoms with Crippen molar-refractivity contribution in [3.8, 4) is 5.88 Å². The maximum absolute atomic E-state index is 12.0.